The average molecular weight is 253 g/mol. The molecule has 1 aliphatic carbocycles. The van der Waals surface area contributed by atoms with E-state index in [-0.39, 0.29) is 0 Å². The number of aromatic nitrogens is 2. The van der Waals surface area contributed by atoms with Crippen molar-refractivity contribution in [1.82, 2.24) is 9.97 Å². The summed E-state index contributed by atoms with van der Waals surface area (Å²) in [5.41, 5.74) is 6.57. The molecule has 4 rings (SSSR count). The minimum atomic E-state index is 0.604. The van der Waals surface area contributed by atoms with E-state index in [1.807, 2.05) is 0 Å². The Bertz CT molecular complexity index is 627. The molecule has 0 spiro atoms. The number of benzene rings is 1. The largest absolute Gasteiger partial charge is 0.384 e. The zero-order valence-corrected chi connectivity index (χ0v) is 11.3. The van der Waals surface area contributed by atoms with E-state index < -0.39 is 0 Å². The van der Waals surface area contributed by atoms with Gasteiger partial charge < -0.3 is 10.3 Å². The van der Waals surface area contributed by atoms with Crippen molar-refractivity contribution in [3.63, 3.8) is 0 Å². The first-order chi connectivity index (χ1) is 9.33. The molecule has 2 N–H and O–H groups in total. The second-order valence-corrected chi connectivity index (χ2v) is 5.76. The van der Waals surface area contributed by atoms with E-state index in [1.165, 1.54) is 47.5 Å². The van der Waals surface area contributed by atoms with Crippen LogP contribution in [0.3, 0.4) is 0 Å². The third-order valence-electron chi connectivity index (χ3n) is 4.44. The SMILES string of the molecule is CC1CCc2[nH]c(-c3cccc4c3NCCC4)nc21. The number of fused-ring (bicyclic) bond motifs is 2. The Labute approximate surface area is 113 Å². The van der Waals surface area contributed by atoms with Crippen LogP contribution in [0.4, 0.5) is 5.69 Å². The Kier molecular flexibility index (Phi) is 2.40. The van der Waals surface area contributed by atoms with Crippen LogP contribution in [-0.2, 0) is 12.8 Å². The maximum Gasteiger partial charge on any atom is 0.139 e. The number of aryl methyl sites for hydroxylation is 2. The van der Waals surface area contributed by atoms with Crippen molar-refractivity contribution < 1.29 is 0 Å². The lowest BCUT2D eigenvalue weighted by molar-refractivity contribution is 0.726. The van der Waals surface area contributed by atoms with Gasteiger partial charge in [-0.3, -0.25) is 0 Å². The van der Waals surface area contributed by atoms with E-state index >= 15 is 0 Å². The van der Waals surface area contributed by atoms with Gasteiger partial charge in [0.15, 0.2) is 0 Å². The highest BCUT2D eigenvalue weighted by Gasteiger charge is 2.24. The molecule has 0 saturated carbocycles. The van der Waals surface area contributed by atoms with E-state index in [1.54, 1.807) is 0 Å². The van der Waals surface area contributed by atoms with Gasteiger partial charge in [0.1, 0.15) is 5.82 Å². The molecule has 19 heavy (non-hydrogen) atoms. The van der Waals surface area contributed by atoms with Gasteiger partial charge in [0, 0.05) is 29.4 Å². The summed E-state index contributed by atoms with van der Waals surface area (Å²) in [7, 11) is 0. The number of rotatable bonds is 1. The number of nitrogens with one attached hydrogen (secondary N) is 2. The summed E-state index contributed by atoms with van der Waals surface area (Å²) in [4.78, 5) is 8.39. The molecule has 98 valence electrons. The number of anilines is 1. The molecule has 0 fully saturated rings. The van der Waals surface area contributed by atoms with E-state index in [9.17, 15) is 0 Å². The molecule has 3 heteroatoms. The smallest absolute Gasteiger partial charge is 0.139 e. The zero-order chi connectivity index (χ0) is 12.8. The fourth-order valence-electron chi connectivity index (χ4n) is 3.35. The number of hydrogen-bond donors (Lipinski definition) is 2. The monoisotopic (exact) mass is 253 g/mol. The third-order valence-corrected chi connectivity index (χ3v) is 4.44. The molecule has 1 aromatic carbocycles. The van der Waals surface area contributed by atoms with Gasteiger partial charge in [0.25, 0.3) is 0 Å². The average Bonchev–Trinajstić information content (AvgIpc) is 3.01. The van der Waals surface area contributed by atoms with Crippen LogP contribution in [0.15, 0.2) is 18.2 Å². The zero-order valence-electron chi connectivity index (χ0n) is 11.3. The van der Waals surface area contributed by atoms with Crippen LogP contribution in [0.5, 0.6) is 0 Å². The molecule has 2 aliphatic rings. The van der Waals surface area contributed by atoms with Gasteiger partial charge in [-0.05, 0) is 37.3 Å². The van der Waals surface area contributed by atoms with Crippen LogP contribution in [0.25, 0.3) is 11.4 Å². The van der Waals surface area contributed by atoms with Crippen LogP contribution in [-0.4, -0.2) is 16.5 Å². The summed E-state index contributed by atoms with van der Waals surface area (Å²) in [6.45, 7) is 3.34. The lowest BCUT2D eigenvalue weighted by Gasteiger charge is -2.20. The van der Waals surface area contributed by atoms with Crippen molar-refractivity contribution in [3.05, 3.63) is 35.2 Å². The quantitative estimate of drug-likeness (QED) is 0.817. The maximum absolute atomic E-state index is 4.85. The summed E-state index contributed by atoms with van der Waals surface area (Å²) in [5, 5.41) is 3.55. The highest BCUT2D eigenvalue weighted by atomic mass is 15.0. The number of para-hydroxylation sites is 1. The number of hydrogen-bond acceptors (Lipinski definition) is 2. The molecule has 3 nitrogen and oxygen atoms in total. The Hall–Kier alpha value is -1.77. The lowest BCUT2D eigenvalue weighted by atomic mass is 9.99. The lowest BCUT2D eigenvalue weighted by Crippen LogP contribution is -2.12. The molecule has 0 amide bonds. The molecule has 0 saturated heterocycles. The molecule has 1 unspecified atom stereocenters. The molecule has 1 aromatic heterocycles. The Morgan fingerprint density at radius 3 is 3.11 bits per heavy atom. The van der Waals surface area contributed by atoms with Gasteiger partial charge in [-0.15, -0.1) is 0 Å². The first kappa shape index (κ1) is 11.1. The van der Waals surface area contributed by atoms with Gasteiger partial charge in [-0.1, -0.05) is 19.1 Å². The van der Waals surface area contributed by atoms with E-state index in [2.05, 4.69) is 35.4 Å². The minimum absolute atomic E-state index is 0.604. The van der Waals surface area contributed by atoms with Crippen LogP contribution >= 0.6 is 0 Å². The van der Waals surface area contributed by atoms with Crippen LogP contribution in [0.2, 0.25) is 0 Å². The van der Waals surface area contributed by atoms with Gasteiger partial charge in [-0.2, -0.15) is 0 Å². The topological polar surface area (TPSA) is 40.7 Å². The van der Waals surface area contributed by atoms with Crippen molar-refractivity contribution >= 4 is 5.69 Å². The Morgan fingerprint density at radius 2 is 2.21 bits per heavy atom. The first-order valence-corrected chi connectivity index (χ1v) is 7.28. The fourth-order valence-corrected chi connectivity index (χ4v) is 3.35. The Balaban J connectivity index is 1.83. The van der Waals surface area contributed by atoms with Gasteiger partial charge in [0.2, 0.25) is 0 Å². The number of H-pyrrole nitrogens is 1. The highest BCUT2D eigenvalue weighted by molar-refractivity contribution is 5.77. The molecule has 0 radical (unpaired) electrons. The molecule has 1 atom stereocenters. The molecule has 2 aromatic rings. The summed E-state index contributed by atoms with van der Waals surface area (Å²) >= 11 is 0. The first-order valence-electron chi connectivity index (χ1n) is 7.28. The summed E-state index contributed by atoms with van der Waals surface area (Å²) < 4.78 is 0. The van der Waals surface area contributed by atoms with Crippen molar-refractivity contribution in [2.75, 3.05) is 11.9 Å². The molecule has 2 heterocycles. The molecular weight excluding hydrogens is 234 g/mol. The van der Waals surface area contributed by atoms with Crippen LogP contribution in [0, 0.1) is 0 Å². The van der Waals surface area contributed by atoms with Crippen molar-refractivity contribution in [1.29, 1.82) is 0 Å². The van der Waals surface area contributed by atoms with Crippen molar-refractivity contribution in [2.24, 2.45) is 0 Å². The molecule has 1 aliphatic heterocycles. The molecular formula is C16H19N3. The van der Waals surface area contributed by atoms with Gasteiger partial charge >= 0.3 is 0 Å². The normalized spacial score (nSPS) is 20.8. The van der Waals surface area contributed by atoms with E-state index in [0.717, 1.165) is 18.8 Å². The van der Waals surface area contributed by atoms with E-state index in [4.69, 9.17) is 4.98 Å². The number of imidazole rings is 1. The number of aromatic amines is 1. The number of nitrogens with zero attached hydrogens (tertiary/aromatic N) is 1. The van der Waals surface area contributed by atoms with Crippen LogP contribution < -0.4 is 5.32 Å². The van der Waals surface area contributed by atoms with Gasteiger partial charge in [0.05, 0.1) is 5.69 Å². The predicted octanol–water partition coefficient (Wildman–Crippen LogP) is 3.48. The van der Waals surface area contributed by atoms with Crippen molar-refractivity contribution in [3.8, 4) is 11.4 Å². The highest BCUT2D eigenvalue weighted by Crippen LogP contribution is 2.36. The second-order valence-electron chi connectivity index (χ2n) is 5.76. The summed E-state index contributed by atoms with van der Waals surface area (Å²) in [6, 6.07) is 6.55. The minimum Gasteiger partial charge on any atom is -0.384 e. The van der Waals surface area contributed by atoms with Crippen LogP contribution in [0.1, 0.15) is 42.6 Å². The van der Waals surface area contributed by atoms with E-state index in [0.29, 0.717) is 5.92 Å². The summed E-state index contributed by atoms with van der Waals surface area (Å²) in [6.07, 6.45) is 4.78. The van der Waals surface area contributed by atoms with Gasteiger partial charge in [-0.25, -0.2) is 4.98 Å². The standard InChI is InChI=1S/C16H19N3/c1-10-7-8-13-14(10)19-16(18-13)12-6-2-4-11-5-3-9-17-15(11)12/h2,4,6,10,17H,3,5,7-9H2,1H3,(H,18,19). The molecule has 0 bridgehead atoms. The third kappa shape index (κ3) is 1.68. The maximum atomic E-state index is 4.85. The second kappa shape index (κ2) is 4.12. The summed E-state index contributed by atoms with van der Waals surface area (Å²) in [5.74, 6) is 1.65. The predicted molar refractivity (Wildman–Crippen MR) is 77.6 cm³/mol. The fraction of sp³-hybridized carbons (Fsp3) is 0.438. The van der Waals surface area contributed by atoms with Crippen molar-refractivity contribution in [2.45, 2.75) is 38.5 Å². The Morgan fingerprint density at radius 1 is 1.26 bits per heavy atom.